The Morgan fingerprint density at radius 2 is 1.88 bits per heavy atom. The van der Waals surface area contributed by atoms with Crippen molar-refractivity contribution in [2.24, 2.45) is 0 Å². The van der Waals surface area contributed by atoms with Crippen LogP contribution < -0.4 is 5.32 Å². The van der Waals surface area contributed by atoms with Crippen LogP contribution in [0.2, 0.25) is 0 Å². The maximum Gasteiger partial charge on any atom is 0.239 e. The summed E-state index contributed by atoms with van der Waals surface area (Å²) in [6.45, 7) is 2.70. The molecule has 0 heterocycles. The number of nitrogens with one attached hydrogen (secondary N) is 1. The van der Waals surface area contributed by atoms with E-state index in [9.17, 15) is 9.59 Å². The Balaban J connectivity index is 1.84. The molecule has 0 spiro atoms. The van der Waals surface area contributed by atoms with Crippen molar-refractivity contribution in [3.63, 3.8) is 0 Å². The molecule has 1 saturated carbocycles. The highest BCUT2D eigenvalue weighted by Crippen LogP contribution is 2.18. The molecule has 2 rings (SSSR count). The normalized spacial score (nSPS) is 15.2. The fourth-order valence-corrected chi connectivity index (χ4v) is 2.87. The molecule has 1 unspecified atom stereocenters. The van der Waals surface area contributed by atoms with Crippen LogP contribution in [-0.4, -0.2) is 60.6 Å². The van der Waals surface area contributed by atoms with Crippen molar-refractivity contribution in [2.75, 3.05) is 26.9 Å². The number of hydrogen-bond donors (Lipinski definition) is 1. The van der Waals surface area contributed by atoms with Gasteiger partial charge in [0.1, 0.15) is 0 Å². The molecule has 132 valence electrons. The Hall–Kier alpha value is -1.53. The van der Waals surface area contributed by atoms with E-state index in [1.165, 1.54) is 15.4 Å². The van der Waals surface area contributed by atoms with Crippen molar-refractivity contribution >= 4 is 23.6 Å². The zero-order valence-corrected chi connectivity index (χ0v) is 15.7. The van der Waals surface area contributed by atoms with Gasteiger partial charge in [-0.15, -0.1) is 11.8 Å². The zero-order valence-electron chi connectivity index (χ0n) is 14.9. The summed E-state index contributed by atoms with van der Waals surface area (Å²) in [5.41, 5.74) is 1.17. The van der Waals surface area contributed by atoms with Gasteiger partial charge in [-0.1, -0.05) is 12.1 Å². The third kappa shape index (κ3) is 5.53. The van der Waals surface area contributed by atoms with Crippen molar-refractivity contribution in [1.29, 1.82) is 0 Å². The predicted molar refractivity (Wildman–Crippen MR) is 98.0 cm³/mol. The van der Waals surface area contributed by atoms with Gasteiger partial charge in [0.15, 0.2) is 0 Å². The number of carbonyl (C=O) groups is 2. The highest BCUT2D eigenvalue weighted by molar-refractivity contribution is 7.98. The van der Waals surface area contributed by atoms with Crippen LogP contribution >= 0.6 is 11.8 Å². The van der Waals surface area contributed by atoms with E-state index in [2.05, 4.69) is 35.8 Å². The molecule has 1 aliphatic carbocycles. The van der Waals surface area contributed by atoms with Gasteiger partial charge in [0.25, 0.3) is 0 Å². The van der Waals surface area contributed by atoms with Crippen molar-refractivity contribution in [2.45, 2.75) is 43.3 Å². The van der Waals surface area contributed by atoms with Crippen molar-refractivity contribution < 1.29 is 9.59 Å². The average molecular weight is 350 g/mol. The number of hydrogen-bond acceptors (Lipinski definition) is 4. The standard InChI is InChI=1S/C18H27N3O2S/c1-13(18(23)21(3)12-17(22)19-15-7-8-15)20(2)11-14-5-9-16(24-4)10-6-14/h5-6,9-10,13,15H,7-8,11-12H2,1-4H3,(H,19,22). The number of nitrogens with zero attached hydrogens (tertiary/aromatic N) is 2. The van der Waals surface area contributed by atoms with Crippen LogP contribution in [0.3, 0.4) is 0 Å². The molecule has 1 N–H and O–H groups in total. The molecular weight excluding hydrogens is 322 g/mol. The van der Waals surface area contributed by atoms with Crippen LogP contribution in [0.25, 0.3) is 0 Å². The van der Waals surface area contributed by atoms with E-state index in [0.717, 1.165) is 12.8 Å². The second-order valence-corrected chi connectivity index (χ2v) is 7.35. The molecule has 0 radical (unpaired) electrons. The highest BCUT2D eigenvalue weighted by atomic mass is 32.2. The van der Waals surface area contributed by atoms with E-state index in [1.54, 1.807) is 18.8 Å². The first-order chi connectivity index (χ1) is 11.4. The van der Waals surface area contributed by atoms with Crippen LogP contribution in [0.5, 0.6) is 0 Å². The topological polar surface area (TPSA) is 52.7 Å². The molecule has 2 amide bonds. The van der Waals surface area contributed by atoms with Gasteiger partial charge >= 0.3 is 0 Å². The Morgan fingerprint density at radius 1 is 1.25 bits per heavy atom. The minimum absolute atomic E-state index is 0.0378. The van der Waals surface area contributed by atoms with Gasteiger partial charge in [-0.05, 0) is 50.8 Å². The Bertz CT molecular complexity index is 572. The summed E-state index contributed by atoms with van der Waals surface area (Å²) in [5, 5.41) is 2.91. The van der Waals surface area contributed by atoms with Crippen molar-refractivity contribution in [3.8, 4) is 0 Å². The Labute approximate surface area is 148 Å². The number of amides is 2. The van der Waals surface area contributed by atoms with Gasteiger partial charge in [-0.25, -0.2) is 0 Å². The third-order valence-electron chi connectivity index (χ3n) is 4.31. The molecule has 1 aromatic carbocycles. The smallest absolute Gasteiger partial charge is 0.239 e. The van der Waals surface area contributed by atoms with E-state index in [1.807, 2.05) is 18.9 Å². The van der Waals surface area contributed by atoms with E-state index in [-0.39, 0.29) is 24.4 Å². The van der Waals surface area contributed by atoms with Gasteiger partial charge in [0, 0.05) is 24.5 Å². The number of likely N-dealkylation sites (N-methyl/N-ethyl adjacent to an activating group) is 2. The molecule has 1 atom stereocenters. The first kappa shape index (κ1) is 18.8. The minimum Gasteiger partial charge on any atom is -0.352 e. The lowest BCUT2D eigenvalue weighted by Crippen LogP contribution is -2.47. The second kappa shape index (κ2) is 8.53. The van der Waals surface area contributed by atoms with Gasteiger partial charge < -0.3 is 10.2 Å². The molecule has 0 aliphatic heterocycles. The van der Waals surface area contributed by atoms with Gasteiger partial charge in [0.2, 0.25) is 11.8 Å². The van der Waals surface area contributed by atoms with Crippen LogP contribution in [0.1, 0.15) is 25.3 Å². The summed E-state index contributed by atoms with van der Waals surface area (Å²) >= 11 is 1.71. The maximum absolute atomic E-state index is 12.5. The molecule has 1 fully saturated rings. The van der Waals surface area contributed by atoms with Crippen LogP contribution in [-0.2, 0) is 16.1 Å². The van der Waals surface area contributed by atoms with Gasteiger partial charge in [0.05, 0.1) is 12.6 Å². The molecular formula is C18H27N3O2S. The summed E-state index contributed by atoms with van der Waals surface area (Å²) < 4.78 is 0. The van der Waals surface area contributed by atoms with E-state index < -0.39 is 0 Å². The summed E-state index contributed by atoms with van der Waals surface area (Å²) in [6, 6.07) is 8.41. The van der Waals surface area contributed by atoms with Gasteiger partial charge in [-0.3, -0.25) is 14.5 Å². The maximum atomic E-state index is 12.5. The zero-order chi connectivity index (χ0) is 17.7. The highest BCUT2D eigenvalue weighted by Gasteiger charge is 2.26. The number of carbonyl (C=O) groups excluding carboxylic acids is 2. The van der Waals surface area contributed by atoms with Crippen LogP contribution in [0.4, 0.5) is 0 Å². The van der Waals surface area contributed by atoms with Crippen LogP contribution in [0, 0.1) is 0 Å². The minimum atomic E-state index is -0.274. The summed E-state index contributed by atoms with van der Waals surface area (Å²) in [4.78, 5) is 29.1. The fourth-order valence-electron chi connectivity index (χ4n) is 2.46. The fraction of sp³-hybridized carbons (Fsp3) is 0.556. The lowest BCUT2D eigenvalue weighted by atomic mass is 10.2. The van der Waals surface area contributed by atoms with Gasteiger partial charge in [-0.2, -0.15) is 0 Å². The second-order valence-electron chi connectivity index (χ2n) is 6.48. The molecule has 0 aromatic heterocycles. The third-order valence-corrected chi connectivity index (χ3v) is 5.05. The summed E-state index contributed by atoms with van der Waals surface area (Å²) in [6.07, 6.45) is 4.16. The monoisotopic (exact) mass is 349 g/mol. The molecule has 0 saturated heterocycles. The van der Waals surface area contributed by atoms with Crippen molar-refractivity contribution in [1.82, 2.24) is 15.1 Å². The van der Waals surface area contributed by atoms with E-state index in [4.69, 9.17) is 0 Å². The quantitative estimate of drug-likeness (QED) is 0.729. The number of thioether (sulfide) groups is 1. The lowest BCUT2D eigenvalue weighted by Gasteiger charge is -2.28. The first-order valence-electron chi connectivity index (χ1n) is 8.28. The molecule has 5 nitrogen and oxygen atoms in total. The van der Waals surface area contributed by atoms with Crippen molar-refractivity contribution in [3.05, 3.63) is 29.8 Å². The Kier molecular flexibility index (Phi) is 6.69. The molecule has 24 heavy (non-hydrogen) atoms. The molecule has 6 heteroatoms. The summed E-state index contributed by atoms with van der Waals surface area (Å²) in [5.74, 6) is -0.111. The average Bonchev–Trinajstić information content (AvgIpc) is 3.37. The molecule has 1 aliphatic rings. The first-order valence-corrected chi connectivity index (χ1v) is 9.50. The van der Waals surface area contributed by atoms with E-state index in [0.29, 0.717) is 12.6 Å². The predicted octanol–water partition coefficient (Wildman–Crippen LogP) is 1.97. The molecule has 1 aromatic rings. The molecule has 0 bridgehead atoms. The Morgan fingerprint density at radius 3 is 2.42 bits per heavy atom. The SMILES string of the molecule is CSc1ccc(CN(C)C(C)C(=O)N(C)CC(=O)NC2CC2)cc1. The van der Waals surface area contributed by atoms with Crippen LogP contribution in [0.15, 0.2) is 29.2 Å². The lowest BCUT2D eigenvalue weighted by molar-refractivity contribution is -0.138. The largest absolute Gasteiger partial charge is 0.352 e. The number of rotatable bonds is 8. The number of benzene rings is 1. The van der Waals surface area contributed by atoms with E-state index >= 15 is 0 Å². The summed E-state index contributed by atoms with van der Waals surface area (Å²) in [7, 11) is 3.62.